The Balaban J connectivity index is 3.49. The van der Waals surface area contributed by atoms with Gasteiger partial charge in [-0.25, -0.2) is 4.79 Å². The van der Waals surface area contributed by atoms with E-state index in [0.717, 1.165) is 5.56 Å². The molecule has 1 rings (SSSR count). The monoisotopic (exact) mass is 438 g/mol. The molecule has 0 bridgehead atoms. The van der Waals surface area contributed by atoms with Crippen molar-refractivity contribution in [1.82, 2.24) is 0 Å². The first kappa shape index (κ1) is 26.1. The summed E-state index contributed by atoms with van der Waals surface area (Å²) in [5, 5.41) is -0.0217. The standard InChI is InChI=1S/C23H42O4Si2/c1-12-25-21(24)20(27-29(10,11)23(5,6)7)19(18-16-14-13-15-17-18)26-28(8,9)22(2,3)4/h13-17,19-20H,12H2,1-11H3. The van der Waals surface area contributed by atoms with E-state index in [1.807, 2.05) is 37.3 Å². The minimum absolute atomic E-state index is 0.0101. The molecule has 0 fully saturated rings. The maximum atomic E-state index is 13.1. The van der Waals surface area contributed by atoms with Gasteiger partial charge in [0.2, 0.25) is 0 Å². The molecule has 0 spiro atoms. The van der Waals surface area contributed by atoms with Crippen molar-refractivity contribution in [3.05, 3.63) is 35.9 Å². The fraction of sp³-hybridized carbons (Fsp3) is 0.696. The van der Waals surface area contributed by atoms with Crippen LogP contribution in [0.4, 0.5) is 0 Å². The smallest absolute Gasteiger partial charge is 0.337 e. The van der Waals surface area contributed by atoms with E-state index < -0.39 is 28.8 Å². The second-order valence-electron chi connectivity index (χ2n) is 10.8. The zero-order valence-electron chi connectivity index (χ0n) is 20.4. The van der Waals surface area contributed by atoms with E-state index in [4.69, 9.17) is 13.6 Å². The van der Waals surface area contributed by atoms with E-state index in [9.17, 15) is 4.79 Å². The highest BCUT2D eigenvalue weighted by atomic mass is 28.4. The zero-order valence-corrected chi connectivity index (χ0v) is 22.4. The van der Waals surface area contributed by atoms with Gasteiger partial charge in [-0.3, -0.25) is 0 Å². The second kappa shape index (κ2) is 9.46. The highest BCUT2D eigenvalue weighted by Gasteiger charge is 2.47. The third-order valence-electron chi connectivity index (χ3n) is 6.38. The molecule has 0 saturated heterocycles. The molecule has 0 N–H and O–H groups in total. The number of benzene rings is 1. The summed E-state index contributed by atoms with van der Waals surface area (Å²) in [6.07, 6.45) is -1.28. The van der Waals surface area contributed by atoms with Gasteiger partial charge < -0.3 is 13.6 Å². The average Bonchev–Trinajstić information content (AvgIpc) is 2.57. The molecule has 0 amide bonds. The predicted molar refractivity (Wildman–Crippen MR) is 126 cm³/mol. The van der Waals surface area contributed by atoms with Crippen LogP contribution in [0.2, 0.25) is 36.3 Å². The molecule has 4 nitrogen and oxygen atoms in total. The molecule has 0 radical (unpaired) electrons. The van der Waals surface area contributed by atoms with Gasteiger partial charge in [0, 0.05) is 0 Å². The predicted octanol–water partition coefficient (Wildman–Crippen LogP) is 6.70. The SMILES string of the molecule is CCOC(=O)C(O[Si](C)(C)C(C)(C)C)C(O[Si](C)(C)C(C)(C)C)c1ccccc1. The second-order valence-corrected chi connectivity index (χ2v) is 20.3. The first-order valence-corrected chi connectivity index (χ1v) is 16.4. The van der Waals surface area contributed by atoms with Crippen molar-refractivity contribution in [3.63, 3.8) is 0 Å². The van der Waals surface area contributed by atoms with E-state index in [1.54, 1.807) is 0 Å². The summed E-state index contributed by atoms with van der Waals surface area (Å²) in [6.45, 7) is 24.0. The van der Waals surface area contributed by atoms with Crippen LogP contribution in [0.1, 0.15) is 60.1 Å². The van der Waals surface area contributed by atoms with Crippen LogP contribution in [0.3, 0.4) is 0 Å². The van der Waals surface area contributed by atoms with Gasteiger partial charge in [-0.2, -0.15) is 0 Å². The van der Waals surface area contributed by atoms with Gasteiger partial charge in [0.15, 0.2) is 22.7 Å². The minimum atomic E-state index is -2.24. The van der Waals surface area contributed by atoms with Gasteiger partial charge in [0.1, 0.15) is 6.10 Å². The molecule has 0 heterocycles. The van der Waals surface area contributed by atoms with Gasteiger partial charge in [-0.15, -0.1) is 0 Å². The molecule has 29 heavy (non-hydrogen) atoms. The van der Waals surface area contributed by atoms with E-state index in [1.165, 1.54) is 0 Å². The van der Waals surface area contributed by atoms with Crippen molar-refractivity contribution in [2.24, 2.45) is 0 Å². The molecule has 1 aromatic carbocycles. The highest BCUT2D eigenvalue weighted by Crippen LogP contribution is 2.43. The molecule has 1 aromatic rings. The molecule has 166 valence electrons. The number of carbonyl (C=O) groups is 1. The van der Waals surface area contributed by atoms with Gasteiger partial charge in [-0.05, 0) is 48.8 Å². The summed E-state index contributed by atoms with van der Waals surface area (Å²) in [5.74, 6) is -0.343. The molecule has 0 aromatic heterocycles. The van der Waals surface area contributed by atoms with Crippen molar-refractivity contribution < 1.29 is 18.4 Å². The molecule has 6 heteroatoms. The number of hydrogen-bond acceptors (Lipinski definition) is 4. The van der Waals surface area contributed by atoms with Crippen LogP contribution >= 0.6 is 0 Å². The molecule has 0 aliphatic carbocycles. The molecule has 0 aliphatic rings. The Morgan fingerprint density at radius 3 is 1.72 bits per heavy atom. The maximum absolute atomic E-state index is 13.1. The first-order chi connectivity index (χ1) is 13.0. The lowest BCUT2D eigenvalue weighted by molar-refractivity contribution is -0.157. The number of carbonyl (C=O) groups excluding carboxylic acids is 1. The van der Waals surface area contributed by atoms with Crippen LogP contribution in [0.25, 0.3) is 0 Å². The Morgan fingerprint density at radius 2 is 1.31 bits per heavy atom. The Bertz CT molecular complexity index is 658. The summed E-state index contributed by atoms with van der Waals surface area (Å²) in [6, 6.07) is 9.96. The van der Waals surface area contributed by atoms with Crippen molar-refractivity contribution in [3.8, 4) is 0 Å². The van der Waals surface area contributed by atoms with Crippen LogP contribution in [0, 0.1) is 0 Å². The van der Waals surface area contributed by atoms with Gasteiger partial charge in [-0.1, -0.05) is 71.9 Å². The van der Waals surface area contributed by atoms with Crippen molar-refractivity contribution in [2.75, 3.05) is 6.61 Å². The lowest BCUT2D eigenvalue weighted by atomic mass is 10.0. The van der Waals surface area contributed by atoms with E-state index in [0.29, 0.717) is 6.61 Å². The molecule has 2 atom stereocenters. The lowest BCUT2D eigenvalue weighted by Gasteiger charge is -2.44. The molecular formula is C23H42O4Si2. The number of esters is 1. The Morgan fingerprint density at radius 1 is 0.862 bits per heavy atom. The summed E-state index contributed by atoms with van der Waals surface area (Å²) < 4.78 is 18.9. The quantitative estimate of drug-likeness (QED) is 0.334. The number of rotatable bonds is 8. The maximum Gasteiger partial charge on any atom is 0.337 e. The van der Waals surface area contributed by atoms with Crippen molar-refractivity contribution >= 4 is 22.6 Å². The Labute approximate surface area is 180 Å². The zero-order chi connectivity index (χ0) is 22.7. The Kier molecular flexibility index (Phi) is 8.50. The van der Waals surface area contributed by atoms with Crippen LogP contribution in [0.5, 0.6) is 0 Å². The molecule has 2 unspecified atom stereocenters. The van der Waals surface area contributed by atoms with Gasteiger partial charge in [0.05, 0.1) is 6.61 Å². The minimum Gasteiger partial charge on any atom is -0.464 e. The number of hydrogen-bond donors (Lipinski definition) is 0. The van der Waals surface area contributed by atoms with Crippen molar-refractivity contribution in [2.45, 2.75) is 96.9 Å². The highest BCUT2D eigenvalue weighted by molar-refractivity contribution is 6.74. The van der Waals surface area contributed by atoms with Crippen LogP contribution in [0.15, 0.2) is 30.3 Å². The van der Waals surface area contributed by atoms with E-state index in [2.05, 4.69) is 67.7 Å². The van der Waals surface area contributed by atoms with Crippen LogP contribution in [-0.4, -0.2) is 35.3 Å². The summed E-state index contributed by atoms with van der Waals surface area (Å²) in [7, 11) is -4.42. The number of ether oxygens (including phenoxy) is 1. The molecule has 0 saturated carbocycles. The van der Waals surface area contributed by atoms with Crippen LogP contribution < -0.4 is 0 Å². The van der Waals surface area contributed by atoms with Gasteiger partial charge in [0.25, 0.3) is 0 Å². The van der Waals surface area contributed by atoms with Gasteiger partial charge >= 0.3 is 5.97 Å². The molecule has 0 aliphatic heterocycles. The third-order valence-corrected chi connectivity index (χ3v) is 15.3. The lowest BCUT2D eigenvalue weighted by Crippen LogP contribution is -2.51. The molecular weight excluding hydrogens is 396 g/mol. The summed E-state index contributed by atoms with van der Waals surface area (Å²) >= 11 is 0. The Hall–Kier alpha value is -0.956. The average molecular weight is 439 g/mol. The third kappa shape index (κ3) is 6.77. The van der Waals surface area contributed by atoms with E-state index in [-0.39, 0.29) is 16.0 Å². The topological polar surface area (TPSA) is 44.8 Å². The largest absolute Gasteiger partial charge is 0.464 e. The summed E-state index contributed by atoms with van der Waals surface area (Å²) in [5.41, 5.74) is 0.953. The fourth-order valence-corrected chi connectivity index (χ4v) is 4.85. The first-order valence-electron chi connectivity index (χ1n) is 10.6. The normalized spacial score (nSPS) is 15.7. The fourth-order valence-electron chi connectivity index (χ4n) is 2.39. The summed E-state index contributed by atoms with van der Waals surface area (Å²) in [4.78, 5) is 13.1. The van der Waals surface area contributed by atoms with Crippen molar-refractivity contribution in [1.29, 1.82) is 0 Å². The van der Waals surface area contributed by atoms with E-state index >= 15 is 0 Å². The van der Waals surface area contributed by atoms with Crippen LogP contribution in [-0.2, 0) is 18.4 Å².